The molecule has 0 unspecified atom stereocenters. The van der Waals surface area contributed by atoms with E-state index in [0.717, 1.165) is 12.1 Å². The van der Waals surface area contributed by atoms with E-state index in [1.807, 2.05) is 0 Å². The molecule has 104 valence electrons. The molecule has 6 nitrogen and oxygen atoms in total. The smallest absolute Gasteiger partial charge is 0.337 e. The first-order chi connectivity index (χ1) is 9.40. The standard InChI is InChI=1S/C13H11FN2O4/c1-6-11(7(2)20-16-6)12(17)15-10-4-3-8(14)5-9(10)13(18)19/h3-5H,1-2H3,(H,15,17)(H,18,19). The van der Waals surface area contributed by atoms with Crippen LogP contribution in [0.3, 0.4) is 0 Å². The van der Waals surface area contributed by atoms with Gasteiger partial charge in [-0.2, -0.15) is 0 Å². The van der Waals surface area contributed by atoms with Crippen molar-refractivity contribution in [2.24, 2.45) is 0 Å². The highest BCUT2D eigenvalue weighted by Gasteiger charge is 2.20. The number of halogens is 1. The van der Waals surface area contributed by atoms with Crippen LogP contribution in [0.25, 0.3) is 0 Å². The highest BCUT2D eigenvalue weighted by molar-refractivity contribution is 6.08. The molecule has 0 spiro atoms. The minimum atomic E-state index is -1.33. The second-order valence-corrected chi connectivity index (χ2v) is 4.15. The highest BCUT2D eigenvalue weighted by Crippen LogP contribution is 2.20. The Bertz CT molecular complexity index is 674. The van der Waals surface area contributed by atoms with Crippen LogP contribution in [-0.4, -0.2) is 22.1 Å². The van der Waals surface area contributed by atoms with Gasteiger partial charge in [-0.25, -0.2) is 9.18 Å². The summed E-state index contributed by atoms with van der Waals surface area (Å²) >= 11 is 0. The number of benzene rings is 1. The molecule has 1 heterocycles. The molecule has 0 saturated heterocycles. The second-order valence-electron chi connectivity index (χ2n) is 4.15. The summed E-state index contributed by atoms with van der Waals surface area (Å²) in [4.78, 5) is 23.1. The Hall–Kier alpha value is -2.70. The van der Waals surface area contributed by atoms with Crippen LogP contribution in [-0.2, 0) is 0 Å². The molecule has 1 aromatic heterocycles. The average molecular weight is 278 g/mol. The van der Waals surface area contributed by atoms with Crippen LogP contribution in [0.15, 0.2) is 22.7 Å². The first-order valence-corrected chi connectivity index (χ1v) is 5.67. The SMILES string of the molecule is Cc1noc(C)c1C(=O)Nc1ccc(F)cc1C(=O)O. The quantitative estimate of drug-likeness (QED) is 0.899. The Morgan fingerprint density at radius 1 is 1.35 bits per heavy atom. The maximum Gasteiger partial charge on any atom is 0.337 e. The van der Waals surface area contributed by atoms with Crippen molar-refractivity contribution in [3.05, 3.63) is 46.6 Å². The van der Waals surface area contributed by atoms with E-state index in [1.165, 1.54) is 6.07 Å². The van der Waals surface area contributed by atoms with Crippen LogP contribution in [0, 0.1) is 19.7 Å². The molecule has 0 saturated carbocycles. The lowest BCUT2D eigenvalue weighted by atomic mass is 10.1. The number of carboxylic acids is 1. The minimum Gasteiger partial charge on any atom is -0.478 e. The summed E-state index contributed by atoms with van der Waals surface area (Å²) < 4.78 is 17.9. The van der Waals surface area contributed by atoms with Gasteiger partial charge in [0.05, 0.1) is 16.9 Å². The van der Waals surface area contributed by atoms with Crippen molar-refractivity contribution >= 4 is 17.6 Å². The molecule has 20 heavy (non-hydrogen) atoms. The fraction of sp³-hybridized carbons (Fsp3) is 0.154. The Morgan fingerprint density at radius 3 is 2.60 bits per heavy atom. The minimum absolute atomic E-state index is 0.00361. The van der Waals surface area contributed by atoms with Crippen LogP contribution in [0.1, 0.15) is 32.2 Å². The maximum absolute atomic E-state index is 13.0. The molecule has 7 heteroatoms. The van der Waals surface area contributed by atoms with Crippen molar-refractivity contribution in [1.82, 2.24) is 5.16 Å². The molecule has 1 aromatic carbocycles. The van der Waals surface area contributed by atoms with Gasteiger partial charge in [0.1, 0.15) is 17.1 Å². The van der Waals surface area contributed by atoms with E-state index < -0.39 is 17.7 Å². The zero-order valence-corrected chi connectivity index (χ0v) is 10.7. The number of hydrogen-bond acceptors (Lipinski definition) is 4. The predicted molar refractivity (Wildman–Crippen MR) is 67.3 cm³/mol. The van der Waals surface area contributed by atoms with Crippen molar-refractivity contribution < 1.29 is 23.6 Å². The summed E-state index contributed by atoms with van der Waals surface area (Å²) in [5.41, 5.74) is 0.290. The molecule has 0 aliphatic carbocycles. The molecule has 0 bridgehead atoms. The lowest BCUT2D eigenvalue weighted by Crippen LogP contribution is -2.16. The van der Waals surface area contributed by atoms with E-state index in [9.17, 15) is 14.0 Å². The van der Waals surface area contributed by atoms with E-state index >= 15 is 0 Å². The molecule has 0 aliphatic rings. The number of carbonyl (C=O) groups excluding carboxylic acids is 1. The lowest BCUT2D eigenvalue weighted by Gasteiger charge is -2.08. The van der Waals surface area contributed by atoms with Gasteiger partial charge in [0.25, 0.3) is 5.91 Å². The number of carboxylic acid groups (broad SMARTS) is 1. The number of aryl methyl sites for hydroxylation is 2. The number of aromatic carboxylic acids is 1. The summed E-state index contributed by atoms with van der Waals surface area (Å²) in [6.07, 6.45) is 0. The molecular weight excluding hydrogens is 267 g/mol. The fourth-order valence-electron chi connectivity index (χ4n) is 1.79. The first-order valence-electron chi connectivity index (χ1n) is 5.67. The van der Waals surface area contributed by atoms with E-state index in [1.54, 1.807) is 13.8 Å². The van der Waals surface area contributed by atoms with Gasteiger partial charge < -0.3 is 14.9 Å². The summed E-state index contributed by atoms with van der Waals surface area (Å²) in [7, 11) is 0. The molecule has 0 radical (unpaired) electrons. The third kappa shape index (κ3) is 2.51. The fourth-order valence-corrected chi connectivity index (χ4v) is 1.79. The van der Waals surface area contributed by atoms with E-state index in [4.69, 9.17) is 9.63 Å². The lowest BCUT2D eigenvalue weighted by molar-refractivity contribution is 0.0697. The number of amides is 1. The van der Waals surface area contributed by atoms with E-state index in [0.29, 0.717) is 11.5 Å². The van der Waals surface area contributed by atoms with Gasteiger partial charge >= 0.3 is 5.97 Å². The monoisotopic (exact) mass is 278 g/mol. The second kappa shape index (κ2) is 5.12. The summed E-state index contributed by atoms with van der Waals surface area (Å²) in [5, 5.41) is 15.0. The number of aromatic nitrogens is 1. The number of carbonyl (C=O) groups is 2. The molecule has 2 aromatic rings. The third-order valence-electron chi connectivity index (χ3n) is 2.72. The molecule has 2 rings (SSSR count). The van der Waals surface area contributed by atoms with Crippen LogP contribution in [0.4, 0.5) is 10.1 Å². The predicted octanol–water partition coefficient (Wildman–Crippen LogP) is 2.38. The van der Waals surface area contributed by atoms with Gasteiger partial charge in [0.15, 0.2) is 0 Å². The largest absolute Gasteiger partial charge is 0.478 e. The zero-order valence-electron chi connectivity index (χ0n) is 10.7. The van der Waals surface area contributed by atoms with Gasteiger partial charge in [0.2, 0.25) is 0 Å². The normalized spacial score (nSPS) is 10.3. The molecular formula is C13H11FN2O4. The van der Waals surface area contributed by atoms with E-state index in [2.05, 4.69) is 10.5 Å². The summed E-state index contributed by atoms with van der Waals surface area (Å²) in [6.45, 7) is 3.16. The van der Waals surface area contributed by atoms with Crippen LogP contribution in [0.5, 0.6) is 0 Å². The number of hydrogen-bond donors (Lipinski definition) is 2. The molecule has 1 amide bonds. The van der Waals surface area contributed by atoms with E-state index in [-0.39, 0.29) is 16.8 Å². The van der Waals surface area contributed by atoms with Gasteiger partial charge in [-0.1, -0.05) is 5.16 Å². The Morgan fingerprint density at radius 2 is 2.05 bits per heavy atom. The highest BCUT2D eigenvalue weighted by atomic mass is 19.1. The van der Waals surface area contributed by atoms with Crippen LogP contribution < -0.4 is 5.32 Å². The number of nitrogens with one attached hydrogen (secondary N) is 1. The van der Waals surface area contributed by atoms with Gasteiger partial charge in [0, 0.05) is 0 Å². The van der Waals surface area contributed by atoms with Crippen molar-refractivity contribution in [3.8, 4) is 0 Å². The zero-order chi connectivity index (χ0) is 14.9. The van der Waals surface area contributed by atoms with Crippen molar-refractivity contribution in [2.75, 3.05) is 5.32 Å². The van der Waals surface area contributed by atoms with Crippen molar-refractivity contribution in [3.63, 3.8) is 0 Å². The molecule has 2 N–H and O–H groups in total. The van der Waals surface area contributed by atoms with Gasteiger partial charge in [-0.15, -0.1) is 0 Å². The van der Waals surface area contributed by atoms with Crippen molar-refractivity contribution in [1.29, 1.82) is 0 Å². The third-order valence-corrected chi connectivity index (χ3v) is 2.72. The average Bonchev–Trinajstić information content (AvgIpc) is 2.71. The van der Waals surface area contributed by atoms with Crippen LogP contribution in [0.2, 0.25) is 0 Å². The van der Waals surface area contributed by atoms with Crippen molar-refractivity contribution in [2.45, 2.75) is 13.8 Å². The topological polar surface area (TPSA) is 92.4 Å². The van der Waals surface area contributed by atoms with Gasteiger partial charge in [-0.3, -0.25) is 4.79 Å². The Kier molecular flexibility index (Phi) is 3.51. The Labute approximate surface area is 113 Å². The molecule has 0 fully saturated rings. The first kappa shape index (κ1) is 13.7. The Balaban J connectivity index is 2.36. The summed E-state index contributed by atoms with van der Waals surface area (Å²) in [5.74, 6) is -2.27. The van der Waals surface area contributed by atoms with Crippen LogP contribution >= 0.6 is 0 Å². The van der Waals surface area contributed by atoms with Gasteiger partial charge in [-0.05, 0) is 32.0 Å². The number of rotatable bonds is 3. The molecule has 0 atom stereocenters. The number of anilines is 1. The molecule has 0 aliphatic heterocycles. The summed E-state index contributed by atoms with van der Waals surface area (Å²) in [6, 6.07) is 3.09. The number of nitrogens with zero attached hydrogens (tertiary/aromatic N) is 1. The maximum atomic E-state index is 13.0.